The second kappa shape index (κ2) is 9.00. The number of benzene rings is 1. The zero-order chi connectivity index (χ0) is 15.0. The summed E-state index contributed by atoms with van der Waals surface area (Å²) in [6.45, 7) is 3.92. The van der Waals surface area contributed by atoms with Crippen LogP contribution >= 0.6 is 0 Å². The Morgan fingerprint density at radius 3 is 2.15 bits per heavy atom. The molecular formula is C15H23O4S+. The Balaban J connectivity index is 2.63. The molecule has 0 aliphatic rings. The fraction of sp³-hybridized carbons (Fsp3) is 0.533. The number of carbonyl (C=O) groups excluding carboxylic acids is 1. The molecule has 112 valence electrons. The van der Waals surface area contributed by atoms with Crippen molar-refractivity contribution < 1.29 is 19.7 Å². The largest absolute Gasteiger partial charge is 0.459 e. The number of esters is 1. The lowest BCUT2D eigenvalue weighted by atomic mass is 10.1. The summed E-state index contributed by atoms with van der Waals surface area (Å²) in [6, 6.07) is 7.34. The van der Waals surface area contributed by atoms with Crippen LogP contribution in [0.5, 0.6) is 0 Å². The number of aliphatic hydroxyl groups is 2. The second-order valence-electron chi connectivity index (χ2n) is 4.76. The molecule has 0 saturated heterocycles. The maximum Gasteiger partial charge on any atom is 0.338 e. The molecule has 5 heteroatoms. The molecule has 0 amide bonds. The summed E-state index contributed by atoms with van der Waals surface area (Å²) in [5, 5.41) is 18.0. The van der Waals surface area contributed by atoms with Crippen LogP contribution in [-0.4, -0.2) is 47.0 Å². The van der Waals surface area contributed by atoms with Gasteiger partial charge in [0, 0.05) is 5.56 Å². The SMILES string of the molecule is CC(C)OC(=O)c1ccc(C[S+](CCO)CCO)cc1. The van der Waals surface area contributed by atoms with E-state index in [1.54, 1.807) is 12.1 Å². The zero-order valence-electron chi connectivity index (χ0n) is 12.0. The van der Waals surface area contributed by atoms with Crippen LogP contribution in [0.3, 0.4) is 0 Å². The van der Waals surface area contributed by atoms with Crippen LogP contribution in [0.2, 0.25) is 0 Å². The highest BCUT2D eigenvalue weighted by molar-refractivity contribution is 7.96. The van der Waals surface area contributed by atoms with Crippen molar-refractivity contribution in [2.75, 3.05) is 24.7 Å². The van der Waals surface area contributed by atoms with Gasteiger partial charge >= 0.3 is 5.97 Å². The van der Waals surface area contributed by atoms with E-state index in [9.17, 15) is 4.79 Å². The third kappa shape index (κ3) is 5.94. The molecule has 1 aromatic rings. The maximum atomic E-state index is 11.7. The molecule has 0 radical (unpaired) electrons. The molecule has 4 nitrogen and oxygen atoms in total. The van der Waals surface area contributed by atoms with E-state index in [0.717, 1.165) is 11.3 Å². The molecular weight excluding hydrogens is 276 g/mol. The number of ether oxygens (including phenoxy) is 1. The van der Waals surface area contributed by atoms with E-state index in [1.165, 1.54) is 0 Å². The Hall–Kier alpha value is -1.04. The fourth-order valence-electron chi connectivity index (χ4n) is 1.76. The van der Waals surface area contributed by atoms with E-state index in [1.807, 2.05) is 26.0 Å². The molecule has 20 heavy (non-hydrogen) atoms. The first-order chi connectivity index (χ1) is 9.56. The van der Waals surface area contributed by atoms with Gasteiger partial charge in [0.15, 0.2) is 0 Å². The van der Waals surface area contributed by atoms with Gasteiger partial charge in [-0.1, -0.05) is 12.1 Å². The van der Waals surface area contributed by atoms with Gasteiger partial charge in [-0.15, -0.1) is 0 Å². The highest BCUT2D eigenvalue weighted by atomic mass is 32.2. The quantitative estimate of drug-likeness (QED) is 0.562. The van der Waals surface area contributed by atoms with E-state index in [0.29, 0.717) is 17.1 Å². The van der Waals surface area contributed by atoms with Crippen molar-refractivity contribution in [3.63, 3.8) is 0 Å². The Labute approximate surface area is 123 Å². The smallest absolute Gasteiger partial charge is 0.338 e. The van der Waals surface area contributed by atoms with Crippen molar-refractivity contribution in [2.24, 2.45) is 0 Å². The number of rotatable bonds is 8. The van der Waals surface area contributed by atoms with Gasteiger partial charge in [-0.3, -0.25) is 0 Å². The molecule has 0 unspecified atom stereocenters. The molecule has 1 rings (SSSR count). The van der Waals surface area contributed by atoms with Crippen molar-refractivity contribution in [1.29, 1.82) is 0 Å². The molecule has 0 atom stereocenters. The van der Waals surface area contributed by atoms with Gasteiger partial charge in [-0.05, 0) is 36.9 Å². The Bertz CT molecular complexity index is 397. The monoisotopic (exact) mass is 299 g/mol. The zero-order valence-corrected chi connectivity index (χ0v) is 12.9. The average molecular weight is 299 g/mol. The predicted octanol–water partition coefficient (Wildman–Crippen LogP) is 1.35. The van der Waals surface area contributed by atoms with Gasteiger partial charge in [0.1, 0.15) is 17.3 Å². The standard InChI is InChI=1S/C15H23O4S/c1-12(2)19-15(18)14-5-3-13(4-6-14)11-20(9-7-16)10-8-17/h3-6,12,16-17H,7-11H2,1-2H3/q+1. The summed E-state index contributed by atoms with van der Waals surface area (Å²) in [6.07, 6.45) is -0.123. The molecule has 0 aromatic heterocycles. The normalized spacial score (nSPS) is 11.1. The Morgan fingerprint density at radius 2 is 1.70 bits per heavy atom. The molecule has 0 heterocycles. The van der Waals surface area contributed by atoms with E-state index >= 15 is 0 Å². The lowest BCUT2D eigenvalue weighted by Gasteiger charge is -2.09. The average Bonchev–Trinajstić information content (AvgIpc) is 2.39. The summed E-state index contributed by atoms with van der Waals surface area (Å²) in [5.41, 5.74) is 1.66. The van der Waals surface area contributed by atoms with Crippen LogP contribution in [0.1, 0.15) is 29.8 Å². The minimum absolute atomic E-state index is 0.0181. The summed E-state index contributed by atoms with van der Waals surface area (Å²) in [4.78, 5) is 11.7. The highest BCUT2D eigenvalue weighted by Gasteiger charge is 2.18. The van der Waals surface area contributed by atoms with Gasteiger partial charge in [-0.25, -0.2) is 4.79 Å². The van der Waals surface area contributed by atoms with Crippen LogP contribution in [0.25, 0.3) is 0 Å². The molecule has 0 aliphatic carbocycles. The van der Waals surface area contributed by atoms with Crippen molar-refractivity contribution in [3.05, 3.63) is 35.4 Å². The van der Waals surface area contributed by atoms with Gasteiger partial charge in [0.05, 0.1) is 24.9 Å². The number of aliphatic hydroxyl groups excluding tert-OH is 2. The summed E-state index contributed by atoms with van der Waals surface area (Å²) >= 11 is 0. The topological polar surface area (TPSA) is 66.8 Å². The van der Waals surface area contributed by atoms with Crippen molar-refractivity contribution >= 4 is 16.9 Å². The highest BCUT2D eigenvalue weighted by Crippen LogP contribution is 2.12. The van der Waals surface area contributed by atoms with Crippen molar-refractivity contribution in [1.82, 2.24) is 0 Å². The molecule has 2 N–H and O–H groups in total. The molecule has 0 spiro atoms. The van der Waals surface area contributed by atoms with Crippen LogP contribution in [0.15, 0.2) is 24.3 Å². The number of carbonyl (C=O) groups is 1. The summed E-state index contributed by atoms with van der Waals surface area (Å²) in [7, 11) is -0.0181. The Morgan fingerprint density at radius 1 is 1.15 bits per heavy atom. The first kappa shape index (κ1) is 17.0. The molecule has 1 aromatic carbocycles. The number of hydrogen-bond acceptors (Lipinski definition) is 4. The molecule has 0 fully saturated rings. The van der Waals surface area contributed by atoms with Gasteiger partial charge in [0.2, 0.25) is 0 Å². The second-order valence-corrected chi connectivity index (χ2v) is 7.09. The van der Waals surface area contributed by atoms with E-state index < -0.39 is 0 Å². The fourth-order valence-corrected chi connectivity index (χ4v) is 3.43. The maximum absolute atomic E-state index is 11.7. The third-order valence-corrected chi connectivity index (χ3v) is 4.92. The van der Waals surface area contributed by atoms with Crippen LogP contribution in [0.4, 0.5) is 0 Å². The van der Waals surface area contributed by atoms with E-state index in [4.69, 9.17) is 14.9 Å². The minimum atomic E-state index is -0.309. The summed E-state index contributed by atoms with van der Waals surface area (Å²) < 4.78 is 5.13. The number of hydrogen-bond donors (Lipinski definition) is 2. The molecule has 0 saturated carbocycles. The lowest BCUT2D eigenvalue weighted by Crippen LogP contribution is -2.19. The van der Waals surface area contributed by atoms with E-state index in [-0.39, 0.29) is 36.2 Å². The summed E-state index contributed by atoms with van der Waals surface area (Å²) in [5.74, 6) is 1.92. The molecule has 0 aliphatic heterocycles. The first-order valence-corrected chi connectivity index (χ1v) is 8.45. The third-order valence-electron chi connectivity index (χ3n) is 2.66. The predicted molar refractivity (Wildman–Crippen MR) is 82.0 cm³/mol. The van der Waals surface area contributed by atoms with Gasteiger partial charge < -0.3 is 14.9 Å². The van der Waals surface area contributed by atoms with Gasteiger partial charge in [-0.2, -0.15) is 0 Å². The van der Waals surface area contributed by atoms with Gasteiger partial charge in [0.25, 0.3) is 0 Å². The van der Waals surface area contributed by atoms with E-state index in [2.05, 4.69) is 0 Å². The minimum Gasteiger partial charge on any atom is -0.459 e. The lowest BCUT2D eigenvalue weighted by molar-refractivity contribution is 0.0378. The van der Waals surface area contributed by atoms with Crippen LogP contribution in [-0.2, 0) is 21.4 Å². The molecule has 0 bridgehead atoms. The first-order valence-electron chi connectivity index (χ1n) is 6.72. The Kier molecular flexibility index (Phi) is 7.65. The van der Waals surface area contributed by atoms with Crippen LogP contribution in [0, 0.1) is 0 Å². The van der Waals surface area contributed by atoms with Crippen LogP contribution < -0.4 is 0 Å². The van der Waals surface area contributed by atoms with Crippen molar-refractivity contribution in [3.8, 4) is 0 Å². The van der Waals surface area contributed by atoms with Crippen molar-refractivity contribution in [2.45, 2.75) is 25.7 Å².